The largest absolute Gasteiger partial charge is 0.494 e. The van der Waals surface area contributed by atoms with Gasteiger partial charge in [0.05, 0.1) is 12.3 Å². The van der Waals surface area contributed by atoms with Gasteiger partial charge in [-0.3, -0.25) is 4.79 Å². The number of halogens is 1. The number of hydrogen-bond donors (Lipinski definition) is 1. The Hall–Kier alpha value is -2.58. The van der Waals surface area contributed by atoms with Crippen LogP contribution in [0.5, 0.6) is 5.75 Å². The monoisotopic (exact) mass is 370 g/mol. The number of nitrogens with one attached hydrogen (secondary N) is 1. The predicted molar refractivity (Wildman–Crippen MR) is 94.0 cm³/mol. The third-order valence-corrected chi connectivity index (χ3v) is 3.68. The number of anilines is 1. The van der Waals surface area contributed by atoms with Crippen molar-refractivity contribution < 1.29 is 9.53 Å². The first-order valence-electron chi connectivity index (χ1n) is 7.04. The molecule has 2 rings (SSSR count). The lowest BCUT2D eigenvalue weighted by molar-refractivity contribution is -0.112. The number of para-hydroxylation sites is 1. The van der Waals surface area contributed by atoms with Crippen LogP contribution in [0.3, 0.4) is 0 Å². The number of benzene rings is 2. The van der Waals surface area contributed by atoms with Crippen LogP contribution in [-0.2, 0) is 4.79 Å². The lowest BCUT2D eigenvalue weighted by Crippen LogP contribution is -2.13. The highest BCUT2D eigenvalue weighted by Crippen LogP contribution is 2.22. The van der Waals surface area contributed by atoms with Gasteiger partial charge in [0.25, 0.3) is 5.91 Å². The molecule has 0 aliphatic heterocycles. The van der Waals surface area contributed by atoms with Gasteiger partial charge < -0.3 is 10.1 Å². The first-order chi connectivity index (χ1) is 11.1. The number of nitrogens with zero attached hydrogens (tertiary/aromatic N) is 1. The summed E-state index contributed by atoms with van der Waals surface area (Å²) in [4.78, 5) is 12.2. The van der Waals surface area contributed by atoms with Crippen LogP contribution < -0.4 is 10.1 Å². The van der Waals surface area contributed by atoms with Crippen LogP contribution in [0, 0.1) is 11.3 Å². The fraction of sp³-hybridized carbons (Fsp3) is 0.111. The van der Waals surface area contributed by atoms with Crippen LogP contribution in [0.1, 0.15) is 12.5 Å². The van der Waals surface area contributed by atoms with Crippen LogP contribution in [0.2, 0.25) is 0 Å². The summed E-state index contributed by atoms with van der Waals surface area (Å²) in [6, 6.07) is 16.4. The highest BCUT2D eigenvalue weighted by atomic mass is 79.9. The Morgan fingerprint density at radius 3 is 2.57 bits per heavy atom. The molecular formula is C18H15BrN2O2. The van der Waals surface area contributed by atoms with E-state index >= 15 is 0 Å². The summed E-state index contributed by atoms with van der Waals surface area (Å²) in [6.45, 7) is 2.50. The summed E-state index contributed by atoms with van der Waals surface area (Å²) >= 11 is 3.35. The molecule has 1 amide bonds. The fourth-order valence-electron chi connectivity index (χ4n) is 1.89. The van der Waals surface area contributed by atoms with Crippen molar-refractivity contribution in [3.63, 3.8) is 0 Å². The molecule has 0 unspecified atom stereocenters. The fourth-order valence-corrected chi connectivity index (χ4v) is 2.28. The van der Waals surface area contributed by atoms with E-state index in [0.717, 1.165) is 15.8 Å². The minimum atomic E-state index is -0.451. The molecule has 2 aromatic carbocycles. The molecular weight excluding hydrogens is 356 g/mol. The van der Waals surface area contributed by atoms with Crippen LogP contribution in [-0.4, -0.2) is 12.5 Å². The van der Waals surface area contributed by atoms with Crippen LogP contribution in [0.15, 0.2) is 58.6 Å². The molecule has 0 saturated heterocycles. The van der Waals surface area contributed by atoms with Crippen molar-refractivity contribution >= 4 is 33.6 Å². The molecule has 1 N–H and O–H groups in total. The zero-order valence-electron chi connectivity index (χ0n) is 12.5. The van der Waals surface area contributed by atoms with Crippen molar-refractivity contribution in [1.29, 1.82) is 5.26 Å². The normalized spacial score (nSPS) is 10.7. The number of ether oxygens (including phenoxy) is 1. The molecule has 0 saturated carbocycles. The molecule has 2 aromatic rings. The second kappa shape index (κ2) is 8.16. The zero-order chi connectivity index (χ0) is 16.7. The van der Waals surface area contributed by atoms with E-state index in [9.17, 15) is 10.1 Å². The van der Waals surface area contributed by atoms with Crippen LogP contribution in [0.25, 0.3) is 6.08 Å². The summed E-state index contributed by atoms with van der Waals surface area (Å²) in [5, 5.41) is 11.9. The van der Waals surface area contributed by atoms with Gasteiger partial charge >= 0.3 is 0 Å². The first kappa shape index (κ1) is 16.8. The molecule has 5 heteroatoms. The van der Waals surface area contributed by atoms with Gasteiger partial charge in [0.15, 0.2) is 0 Å². The summed E-state index contributed by atoms with van der Waals surface area (Å²) in [5.74, 6) is 0.300. The Balaban J connectivity index is 2.16. The van der Waals surface area contributed by atoms with Crippen molar-refractivity contribution in [3.05, 3.63) is 64.1 Å². The van der Waals surface area contributed by atoms with E-state index < -0.39 is 5.91 Å². The topological polar surface area (TPSA) is 62.1 Å². The summed E-state index contributed by atoms with van der Waals surface area (Å²) < 4.78 is 6.12. The van der Waals surface area contributed by atoms with Gasteiger partial charge in [-0.15, -0.1) is 0 Å². The van der Waals surface area contributed by atoms with Crippen molar-refractivity contribution in [2.45, 2.75) is 6.92 Å². The minimum Gasteiger partial charge on any atom is -0.494 e. The summed E-state index contributed by atoms with van der Waals surface area (Å²) in [6.07, 6.45) is 1.54. The van der Waals surface area contributed by atoms with E-state index in [0.29, 0.717) is 12.3 Å². The molecule has 116 valence electrons. The van der Waals surface area contributed by atoms with E-state index in [4.69, 9.17) is 4.74 Å². The molecule has 0 fully saturated rings. The van der Waals surface area contributed by atoms with Gasteiger partial charge in [-0.05, 0) is 58.8 Å². The van der Waals surface area contributed by atoms with Gasteiger partial charge in [-0.2, -0.15) is 5.26 Å². The molecule has 0 aromatic heterocycles. The third kappa shape index (κ3) is 4.70. The van der Waals surface area contributed by atoms with Gasteiger partial charge in [-0.25, -0.2) is 0 Å². The number of carbonyl (C=O) groups excluding carboxylic acids is 1. The average molecular weight is 371 g/mol. The zero-order valence-corrected chi connectivity index (χ0v) is 14.1. The molecule has 0 heterocycles. The van der Waals surface area contributed by atoms with E-state index in [1.807, 2.05) is 31.2 Å². The summed E-state index contributed by atoms with van der Waals surface area (Å²) in [7, 11) is 0. The van der Waals surface area contributed by atoms with Crippen LogP contribution in [0.4, 0.5) is 5.69 Å². The van der Waals surface area contributed by atoms with Crippen molar-refractivity contribution in [2.24, 2.45) is 0 Å². The Morgan fingerprint density at radius 2 is 1.96 bits per heavy atom. The minimum absolute atomic E-state index is 0.0323. The van der Waals surface area contributed by atoms with Crippen LogP contribution >= 0.6 is 15.9 Å². The highest BCUT2D eigenvalue weighted by molar-refractivity contribution is 9.10. The molecule has 23 heavy (non-hydrogen) atoms. The number of nitriles is 1. The smallest absolute Gasteiger partial charge is 0.266 e. The Kier molecular flexibility index (Phi) is 5.95. The maximum absolute atomic E-state index is 12.2. The lowest BCUT2D eigenvalue weighted by Gasteiger charge is -2.06. The second-order valence-corrected chi connectivity index (χ2v) is 5.46. The van der Waals surface area contributed by atoms with Crippen molar-refractivity contribution in [2.75, 3.05) is 11.9 Å². The number of rotatable bonds is 5. The number of hydrogen-bond acceptors (Lipinski definition) is 3. The quantitative estimate of drug-likeness (QED) is 0.626. The van der Waals surface area contributed by atoms with Crippen molar-refractivity contribution in [3.8, 4) is 11.8 Å². The first-order valence-corrected chi connectivity index (χ1v) is 7.84. The molecule has 0 aliphatic rings. The van der Waals surface area contributed by atoms with Crippen molar-refractivity contribution in [1.82, 2.24) is 0 Å². The summed E-state index contributed by atoms with van der Waals surface area (Å²) in [5.41, 5.74) is 1.41. The number of amides is 1. The molecule has 0 spiro atoms. The van der Waals surface area contributed by atoms with E-state index in [-0.39, 0.29) is 5.57 Å². The van der Waals surface area contributed by atoms with Gasteiger partial charge in [-0.1, -0.05) is 24.3 Å². The molecule has 0 radical (unpaired) electrons. The predicted octanol–water partition coefficient (Wildman–Crippen LogP) is 4.39. The molecule has 0 atom stereocenters. The SMILES string of the molecule is CCOc1ccc(C=C(C#N)C(=O)Nc2ccccc2Br)cc1. The second-order valence-electron chi connectivity index (χ2n) is 4.61. The Bertz CT molecular complexity index is 761. The third-order valence-electron chi connectivity index (χ3n) is 2.99. The number of carbonyl (C=O) groups is 1. The molecule has 4 nitrogen and oxygen atoms in total. The van der Waals surface area contributed by atoms with Gasteiger partial charge in [0.2, 0.25) is 0 Å². The highest BCUT2D eigenvalue weighted by Gasteiger charge is 2.11. The van der Waals surface area contributed by atoms with Gasteiger partial charge in [0, 0.05) is 4.47 Å². The maximum atomic E-state index is 12.2. The standard InChI is InChI=1S/C18H15BrN2O2/c1-2-23-15-9-7-13(8-10-15)11-14(12-20)18(22)21-17-6-4-3-5-16(17)19/h3-11H,2H2,1H3,(H,21,22). The van der Waals surface area contributed by atoms with E-state index in [2.05, 4.69) is 21.2 Å². The maximum Gasteiger partial charge on any atom is 0.266 e. The Labute approximate surface area is 143 Å². The average Bonchev–Trinajstić information content (AvgIpc) is 2.56. The molecule has 0 aliphatic carbocycles. The lowest BCUT2D eigenvalue weighted by atomic mass is 10.1. The Morgan fingerprint density at radius 1 is 1.26 bits per heavy atom. The van der Waals surface area contributed by atoms with E-state index in [1.54, 1.807) is 36.4 Å². The van der Waals surface area contributed by atoms with Gasteiger partial charge in [0.1, 0.15) is 17.4 Å². The molecule has 0 bridgehead atoms. The van der Waals surface area contributed by atoms with E-state index in [1.165, 1.54) is 0 Å².